The van der Waals surface area contributed by atoms with Gasteiger partial charge in [0.2, 0.25) is 0 Å². The summed E-state index contributed by atoms with van der Waals surface area (Å²) in [5.74, 6) is 0.813. The number of carbonyl (C=O) groups is 2. The summed E-state index contributed by atoms with van der Waals surface area (Å²) < 4.78 is 4.81. The highest BCUT2D eigenvalue weighted by molar-refractivity contribution is 5.95. The fourth-order valence-corrected chi connectivity index (χ4v) is 2.93. The molecule has 142 valence electrons. The molecule has 1 aliphatic rings. The van der Waals surface area contributed by atoms with Gasteiger partial charge in [-0.3, -0.25) is 10.1 Å². The Hall–Kier alpha value is -3.09. The zero-order valence-corrected chi connectivity index (χ0v) is 15.4. The lowest BCUT2D eigenvalue weighted by atomic mass is 10.2. The van der Waals surface area contributed by atoms with Crippen LogP contribution in [0.3, 0.4) is 0 Å². The third-order valence-corrected chi connectivity index (χ3v) is 4.36. The van der Waals surface area contributed by atoms with Crippen molar-refractivity contribution in [1.82, 2.24) is 10.3 Å². The van der Waals surface area contributed by atoms with Crippen LogP contribution in [0.15, 0.2) is 42.6 Å². The minimum absolute atomic E-state index is 0.179. The van der Waals surface area contributed by atoms with Crippen LogP contribution in [0, 0.1) is 0 Å². The van der Waals surface area contributed by atoms with Crippen molar-refractivity contribution in [3.05, 3.63) is 53.7 Å². The maximum absolute atomic E-state index is 12.3. The van der Waals surface area contributed by atoms with Gasteiger partial charge < -0.3 is 15.0 Å². The van der Waals surface area contributed by atoms with E-state index in [2.05, 4.69) is 20.5 Å². The van der Waals surface area contributed by atoms with Gasteiger partial charge >= 0.3 is 6.09 Å². The molecule has 1 fully saturated rings. The Bertz CT molecular complexity index is 769. The number of nitrogens with zero attached hydrogens (tertiary/aromatic N) is 2. The highest BCUT2D eigenvalue weighted by atomic mass is 16.5. The van der Waals surface area contributed by atoms with E-state index in [4.69, 9.17) is 4.74 Å². The van der Waals surface area contributed by atoms with E-state index in [-0.39, 0.29) is 5.91 Å². The third kappa shape index (κ3) is 5.20. The molecule has 2 aromatic rings. The highest BCUT2D eigenvalue weighted by Crippen LogP contribution is 2.17. The predicted octanol–water partition coefficient (Wildman–Crippen LogP) is 3.18. The Morgan fingerprint density at radius 3 is 2.48 bits per heavy atom. The van der Waals surface area contributed by atoms with Crippen LogP contribution in [-0.2, 0) is 11.3 Å². The normalized spacial score (nSPS) is 13.3. The number of aromatic nitrogens is 1. The Morgan fingerprint density at radius 1 is 1.11 bits per heavy atom. The first-order chi connectivity index (χ1) is 13.2. The number of anilines is 2. The van der Waals surface area contributed by atoms with Crippen LogP contribution in [0.25, 0.3) is 0 Å². The molecular weight excluding hydrogens is 344 g/mol. The van der Waals surface area contributed by atoms with E-state index in [1.807, 2.05) is 12.1 Å². The first-order valence-electron chi connectivity index (χ1n) is 9.17. The lowest BCUT2D eigenvalue weighted by molar-refractivity contribution is 0.0951. The molecule has 3 rings (SSSR count). The molecule has 0 atom stereocenters. The standard InChI is InChI=1S/C20H24N4O3/c1-2-27-20(26)23-17-8-6-16(7-9-17)19(25)22-14-15-5-10-18(21-13-15)24-11-3-4-12-24/h5-10,13H,2-4,11-12,14H2,1H3,(H,22,25)(H,23,26). The van der Waals surface area contributed by atoms with E-state index in [9.17, 15) is 9.59 Å². The Kier molecular flexibility index (Phi) is 6.25. The van der Waals surface area contributed by atoms with Gasteiger partial charge in [-0.05, 0) is 55.7 Å². The second-order valence-electron chi connectivity index (χ2n) is 6.32. The Labute approximate surface area is 158 Å². The van der Waals surface area contributed by atoms with Crippen LogP contribution in [0.2, 0.25) is 0 Å². The van der Waals surface area contributed by atoms with Crippen LogP contribution in [0.4, 0.5) is 16.3 Å². The van der Waals surface area contributed by atoms with Gasteiger partial charge in [0, 0.05) is 37.1 Å². The Morgan fingerprint density at radius 2 is 1.85 bits per heavy atom. The number of carbonyl (C=O) groups excluding carboxylic acids is 2. The number of amides is 2. The smallest absolute Gasteiger partial charge is 0.411 e. The molecule has 0 unspecified atom stereocenters. The van der Waals surface area contributed by atoms with Gasteiger partial charge in [-0.2, -0.15) is 0 Å². The van der Waals surface area contributed by atoms with Crippen LogP contribution in [-0.4, -0.2) is 36.7 Å². The van der Waals surface area contributed by atoms with Crippen LogP contribution < -0.4 is 15.5 Å². The zero-order chi connectivity index (χ0) is 19.1. The lowest BCUT2D eigenvalue weighted by Gasteiger charge is -2.16. The predicted molar refractivity (Wildman–Crippen MR) is 104 cm³/mol. The average molecular weight is 368 g/mol. The van der Waals surface area contributed by atoms with Gasteiger partial charge in [0.1, 0.15) is 5.82 Å². The summed E-state index contributed by atoms with van der Waals surface area (Å²) in [6.45, 7) is 4.58. The molecule has 0 bridgehead atoms. The number of hydrogen-bond acceptors (Lipinski definition) is 5. The molecule has 2 heterocycles. The van der Waals surface area contributed by atoms with E-state index < -0.39 is 6.09 Å². The van der Waals surface area contributed by atoms with Gasteiger partial charge in [0.25, 0.3) is 5.91 Å². The van der Waals surface area contributed by atoms with Crippen molar-refractivity contribution in [2.45, 2.75) is 26.3 Å². The number of nitrogens with one attached hydrogen (secondary N) is 2. The van der Waals surface area contributed by atoms with E-state index in [0.29, 0.717) is 24.4 Å². The first-order valence-corrected chi connectivity index (χ1v) is 9.17. The quantitative estimate of drug-likeness (QED) is 0.818. The fourth-order valence-electron chi connectivity index (χ4n) is 2.93. The molecule has 0 spiro atoms. The molecule has 27 heavy (non-hydrogen) atoms. The summed E-state index contributed by atoms with van der Waals surface area (Å²) in [6.07, 6.45) is 3.72. The van der Waals surface area contributed by atoms with Crippen molar-refractivity contribution in [3.8, 4) is 0 Å². The summed E-state index contributed by atoms with van der Waals surface area (Å²) in [7, 11) is 0. The highest BCUT2D eigenvalue weighted by Gasteiger charge is 2.13. The molecule has 2 N–H and O–H groups in total. The van der Waals surface area contributed by atoms with Crippen LogP contribution >= 0.6 is 0 Å². The van der Waals surface area contributed by atoms with E-state index in [1.165, 1.54) is 12.8 Å². The summed E-state index contributed by atoms with van der Waals surface area (Å²) >= 11 is 0. The monoisotopic (exact) mass is 368 g/mol. The minimum atomic E-state index is -0.514. The molecule has 1 aliphatic heterocycles. The number of rotatable bonds is 6. The molecular formula is C20H24N4O3. The molecule has 1 aromatic carbocycles. The summed E-state index contributed by atoms with van der Waals surface area (Å²) in [5.41, 5.74) is 2.05. The van der Waals surface area contributed by atoms with Gasteiger partial charge in [0.15, 0.2) is 0 Å². The third-order valence-electron chi connectivity index (χ3n) is 4.36. The van der Waals surface area contributed by atoms with Crippen molar-refractivity contribution in [2.75, 3.05) is 29.9 Å². The number of benzene rings is 1. The SMILES string of the molecule is CCOC(=O)Nc1ccc(C(=O)NCc2ccc(N3CCCC3)nc2)cc1. The molecule has 7 heteroatoms. The maximum atomic E-state index is 12.3. The van der Waals surface area contributed by atoms with Gasteiger partial charge in [-0.15, -0.1) is 0 Å². The fraction of sp³-hybridized carbons (Fsp3) is 0.350. The Balaban J connectivity index is 1.50. The molecule has 1 saturated heterocycles. The van der Waals surface area contributed by atoms with Crippen molar-refractivity contribution < 1.29 is 14.3 Å². The average Bonchev–Trinajstić information content (AvgIpc) is 3.22. The van der Waals surface area contributed by atoms with Crippen LogP contribution in [0.1, 0.15) is 35.7 Å². The summed E-state index contributed by atoms with van der Waals surface area (Å²) in [4.78, 5) is 30.4. The summed E-state index contributed by atoms with van der Waals surface area (Å²) in [6, 6.07) is 10.6. The lowest BCUT2D eigenvalue weighted by Crippen LogP contribution is -2.23. The van der Waals surface area contributed by atoms with E-state index >= 15 is 0 Å². The topological polar surface area (TPSA) is 83.6 Å². The van der Waals surface area contributed by atoms with Gasteiger partial charge in [0.05, 0.1) is 6.61 Å². The summed E-state index contributed by atoms with van der Waals surface area (Å²) in [5, 5.41) is 5.47. The molecule has 2 amide bonds. The number of pyridine rings is 1. The van der Waals surface area contributed by atoms with Gasteiger partial charge in [-0.1, -0.05) is 6.07 Å². The second-order valence-corrected chi connectivity index (χ2v) is 6.32. The molecule has 0 aliphatic carbocycles. The number of ether oxygens (including phenoxy) is 1. The van der Waals surface area contributed by atoms with Crippen molar-refractivity contribution in [2.24, 2.45) is 0 Å². The second kappa shape index (κ2) is 9.02. The molecule has 7 nitrogen and oxygen atoms in total. The van der Waals surface area contributed by atoms with E-state index in [0.717, 1.165) is 24.5 Å². The minimum Gasteiger partial charge on any atom is -0.450 e. The van der Waals surface area contributed by atoms with Crippen molar-refractivity contribution in [3.63, 3.8) is 0 Å². The van der Waals surface area contributed by atoms with Gasteiger partial charge in [-0.25, -0.2) is 9.78 Å². The molecule has 0 saturated carbocycles. The molecule has 0 radical (unpaired) electrons. The van der Waals surface area contributed by atoms with Crippen LogP contribution in [0.5, 0.6) is 0 Å². The maximum Gasteiger partial charge on any atom is 0.411 e. The largest absolute Gasteiger partial charge is 0.450 e. The van der Waals surface area contributed by atoms with E-state index in [1.54, 1.807) is 37.4 Å². The first kappa shape index (κ1) is 18.7. The van der Waals surface area contributed by atoms with Crippen molar-refractivity contribution >= 4 is 23.5 Å². The molecule has 1 aromatic heterocycles. The zero-order valence-electron chi connectivity index (χ0n) is 15.4. The van der Waals surface area contributed by atoms with Crippen molar-refractivity contribution in [1.29, 1.82) is 0 Å². The number of hydrogen-bond donors (Lipinski definition) is 2.